The fourth-order valence-electron chi connectivity index (χ4n) is 5.38. The van der Waals surface area contributed by atoms with Crippen LogP contribution >= 0.6 is 11.6 Å². The number of aliphatic hydroxyl groups excluding tert-OH is 1. The zero-order valence-corrected chi connectivity index (χ0v) is 22.9. The minimum absolute atomic E-state index is 0.0419. The van der Waals surface area contributed by atoms with Crippen molar-refractivity contribution >= 4 is 34.4 Å². The number of imidazole rings is 1. The van der Waals surface area contributed by atoms with Crippen LogP contribution in [-0.4, -0.2) is 56.4 Å². The van der Waals surface area contributed by atoms with E-state index in [1.165, 1.54) is 0 Å². The second-order valence-electron chi connectivity index (χ2n) is 10.2. The highest BCUT2D eigenvalue weighted by molar-refractivity contribution is 6.30. The van der Waals surface area contributed by atoms with E-state index in [0.717, 1.165) is 42.5 Å². The quantitative estimate of drug-likeness (QED) is 0.345. The Labute approximate surface area is 232 Å². The fourth-order valence-corrected chi connectivity index (χ4v) is 5.54. The van der Waals surface area contributed by atoms with E-state index in [1.54, 1.807) is 30.0 Å². The van der Waals surface area contributed by atoms with Crippen LogP contribution < -0.4 is 15.9 Å². The summed E-state index contributed by atoms with van der Waals surface area (Å²) in [5, 5.41) is 12.8. The van der Waals surface area contributed by atoms with Crippen molar-refractivity contribution in [3.63, 3.8) is 0 Å². The number of aromatic nitrogens is 4. The number of carbonyl (C=O) groups is 1. The molecule has 1 aliphatic carbocycles. The molecule has 5 rings (SSSR count). The molecule has 0 aliphatic heterocycles. The first-order valence-corrected chi connectivity index (χ1v) is 13.6. The minimum Gasteiger partial charge on any atom is -0.395 e. The Morgan fingerprint density at radius 2 is 1.85 bits per heavy atom. The van der Waals surface area contributed by atoms with Crippen molar-refractivity contribution in [2.45, 2.75) is 45.2 Å². The summed E-state index contributed by atoms with van der Waals surface area (Å²) >= 11 is 6.04. The topological polar surface area (TPSA) is 105 Å². The Morgan fingerprint density at radius 1 is 1.10 bits per heavy atom. The van der Waals surface area contributed by atoms with E-state index >= 15 is 0 Å². The first kappa shape index (κ1) is 26.9. The number of hydrogen-bond acceptors (Lipinski definition) is 6. The zero-order chi connectivity index (χ0) is 27.5. The molecule has 1 fully saturated rings. The molecule has 2 N–H and O–H groups in total. The van der Waals surface area contributed by atoms with Crippen LogP contribution in [0.25, 0.3) is 16.7 Å². The maximum absolute atomic E-state index is 13.7. The molecule has 204 valence electrons. The highest BCUT2D eigenvalue weighted by Crippen LogP contribution is 2.28. The average molecular weight is 549 g/mol. The SMILES string of the molecule is Cc1ncc(Cl)cc1C(=O)NC1CCC(Cn2c(=O)n(-c3ccc(N(C)CCO)nc3)c3ccccc32)CC1. The van der Waals surface area contributed by atoms with Gasteiger partial charge in [-0.3, -0.25) is 18.9 Å². The summed E-state index contributed by atoms with van der Waals surface area (Å²) in [6, 6.07) is 13.3. The third-order valence-corrected chi connectivity index (χ3v) is 7.78. The summed E-state index contributed by atoms with van der Waals surface area (Å²) in [7, 11) is 1.87. The van der Waals surface area contributed by atoms with E-state index in [1.807, 2.05) is 52.9 Å². The molecule has 39 heavy (non-hydrogen) atoms. The van der Waals surface area contributed by atoms with Crippen LogP contribution in [0.2, 0.25) is 5.02 Å². The van der Waals surface area contributed by atoms with Crippen molar-refractivity contribution in [1.82, 2.24) is 24.4 Å². The van der Waals surface area contributed by atoms with Crippen molar-refractivity contribution in [2.75, 3.05) is 25.1 Å². The van der Waals surface area contributed by atoms with E-state index < -0.39 is 0 Å². The lowest BCUT2D eigenvalue weighted by Gasteiger charge is -2.29. The molecule has 3 aromatic heterocycles. The number of amides is 1. The normalized spacial score (nSPS) is 17.3. The molecule has 9 nitrogen and oxygen atoms in total. The Kier molecular flexibility index (Phi) is 7.99. The van der Waals surface area contributed by atoms with Crippen molar-refractivity contribution in [3.05, 3.63) is 81.6 Å². The van der Waals surface area contributed by atoms with Gasteiger partial charge in [-0.15, -0.1) is 0 Å². The molecule has 0 bridgehead atoms. The van der Waals surface area contributed by atoms with Gasteiger partial charge in [-0.1, -0.05) is 23.7 Å². The van der Waals surface area contributed by atoms with Crippen molar-refractivity contribution in [3.8, 4) is 5.69 Å². The average Bonchev–Trinajstić information content (AvgIpc) is 3.22. The first-order chi connectivity index (χ1) is 18.9. The van der Waals surface area contributed by atoms with E-state index in [4.69, 9.17) is 11.6 Å². The third kappa shape index (κ3) is 5.69. The summed E-state index contributed by atoms with van der Waals surface area (Å²) in [5.41, 5.74) is 3.51. The number of nitrogens with zero attached hydrogens (tertiary/aromatic N) is 5. The second kappa shape index (κ2) is 11.6. The maximum Gasteiger partial charge on any atom is 0.333 e. The van der Waals surface area contributed by atoms with Gasteiger partial charge >= 0.3 is 5.69 Å². The molecule has 3 heterocycles. The molecule has 0 unspecified atom stereocenters. The van der Waals surface area contributed by atoms with Crippen LogP contribution in [0.5, 0.6) is 0 Å². The highest BCUT2D eigenvalue weighted by atomic mass is 35.5. The molecule has 0 atom stereocenters. The summed E-state index contributed by atoms with van der Waals surface area (Å²) in [4.78, 5) is 37.1. The fraction of sp³-hybridized carbons (Fsp3) is 0.379. The predicted octanol–water partition coefficient (Wildman–Crippen LogP) is 3.96. The zero-order valence-electron chi connectivity index (χ0n) is 22.2. The molecule has 0 radical (unpaired) electrons. The lowest BCUT2D eigenvalue weighted by atomic mass is 9.85. The number of aryl methyl sites for hydroxylation is 1. The molecule has 0 spiro atoms. The number of nitrogens with one attached hydrogen (secondary N) is 1. The van der Waals surface area contributed by atoms with Crippen LogP contribution in [0.3, 0.4) is 0 Å². The highest BCUT2D eigenvalue weighted by Gasteiger charge is 2.25. The lowest BCUT2D eigenvalue weighted by Crippen LogP contribution is -2.39. The van der Waals surface area contributed by atoms with E-state index in [0.29, 0.717) is 41.0 Å². The predicted molar refractivity (Wildman–Crippen MR) is 153 cm³/mol. The maximum atomic E-state index is 13.7. The molecule has 0 saturated heterocycles. The van der Waals surface area contributed by atoms with Crippen LogP contribution in [0.15, 0.2) is 59.7 Å². The molecule has 1 aliphatic rings. The number of para-hydroxylation sites is 2. The third-order valence-electron chi connectivity index (χ3n) is 7.57. The number of pyridine rings is 2. The van der Waals surface area contributed by atoms with Gasteiger partial charge < -0.3 is 15.3 Å². The first-order valence-electron chi connectivity index (χ1n) is 13.3. The number of benzene rings is 1. The van der Waals surface area contributed by atoms with Gasteiger partial charge in [-0.2, -0.15) is 0 Å². The van der Waals surface area contributed by atoms with E-state index in [-0.39, 0.29) is 24.2 Å². The van der Waals surface area contributed by atoms with Gasteiger partial charge in [-0.05, 0) is 68.9 Å². The van der Waals surface area contributed by atoms with Crippen molar-refractivity contribution in [2.24, 2.45) is 5.92 Å². The number of rotatable bonds is 8. The number of halogens is 1. The standard InChI is InChI=1S/C29H33ClN6O3/c1-19-24(15-21(30)16-31-19)28(38)33-22-9-7-20(8-10-22)18-35-25-5-3-4-6-26(25)36(29(35)39)23-11-12-27(32-17-23)34(2)13-14-37/h3-6,11-12,15-17,20,22,37H,7-10,13-14,18H2,1-2H3,(H,33,38). The van der Waals surface area contributed by atoms with Crippen LogP contribution in [0, 0.1) is 12.8 Å². The van der Waals surface area contributed by atoms with E-state index in [9.17, 15) is 14.7 Å². The Morgan fingerprint density at radius 3 is 2.54 bits per heavy atom. The lowest BCUT2D eigenvalue weighted by molar-refractivity contribution is 0.0919. The molecule has 1 saturated carbocycles. The number of carbonyl (C=O) groups excluding carboxylic acids is 1. The Bertz CT molecular complexity index is 1520. The van der Waals surface area contributed by atoms with E-state index in [2.05, 4.69) is 15.3 Å². The number of aliphatic hydroxyl groups is 1. The molecule has 1 amide bonds. The number of hydrogen-bond donors (Lipinski definition) is 2. The molecular formula is C29H33ClN6O3. The van der Waals surface area contributed by atoms with Crippen LogP contribution in [-0.2, 0) is 6.54 Å². The molecule has 10 heteroatoms. The smallest absolute Gasteiger partial charge is 0.333 e. The minimum atomic E-state index is -0.146. The number of fused-ring (bicyclic) bond motifs is 1. The number of anilines is 1. The number of likely N-dealkylation sites (N-methyl/N-ethyl adjacent to an activating group) is 1. The molecular weight excluding hydrogens is 516 g/mol. The van der Waals surface area contributed by atoms with Crippen molar-refractivity contribution < 1.29 is 9.90 Å². The second-order valence-corrected chi connectivity index (χ2v) is 10.7. The van der Waals surface area contributed by atoms with Gasteiger partial charge in [0.25, 0.3) is 5.91 Å². The van der Waals surface area contributed by atoms with Gasteiger partial charge in [0, 0.05) is 32.4 Å². The van der Waals surface area contributed by atoms with Gasteiger partial charge in [0.2, 0.25) is 0 Å². The summed E-state index contributed by atoms with van der Waals surface area (Å²) < 4.78 is 3.58. The van der Waals surface area contributed by atoms with Crippen LogP contribution in [0.1, 0.15) is 41.7 Å². The van der Waals surface area contributed by atoms with Gasteiger partial charge in [0.1, 0.15) is 5.82 Å². The Hall–Kier alpha value is -3.69. The molecule has 1 aromatic carbocycles. The van der Waals surface area contributed by atoms with Crippen LogP contribution in [0.4, 0.5) is 5.82 Å². The molecule has 4 aromatic rings. The monoisotopic (exact) mass is 548 g/mol. The van der Waals surface area contributed by atoms with Gasteiger partial charge in [0.05, 0.1) is 45.8 Å². The van der Waals surface area contributed by atoms with Gasteiger partial charge in [-0.25, -0.2) is 9.78 Å². The summed E-state index contributed by atoms with van der Waals surface area (Å²) in [6.07, 6.45) is 6.77. The van der Waals surface area contributed by atoms with Crippen molar-refractivity contribution in [1.29, 1.82) is 0 Å². The summed E-state index contributed by atoms with van der Waals surface area (Å²) in [5.74, 6) is 0.917. The Balaban J connectivity index is 1.30. The van der Waals surface area contributed by atoms with Gasteiger partial charge in [0.15, 0.2) is 0 Å². The summed E-state index contributed by atoms with van der Waals surface area (Å²) in [6.45, 7) is 2.95. The largest absolute Gasteiger partial charge is 0.395 e.